The number of benzene rings is 1. The number of amides is 1. The van der Waals surface area contributed by atoms with Gasteiger partial charge in [-0.1, -0.05) is 18.9 Å². The first-order valence-electron chi connectivity index (χ1n) is 7.59. The van der Waals surface area contributed by atoms with Gasteiger partial charge in [-0.2, -0.15) is 0 Å². The summed E-state index contributed by atoms with van der Waals surface area (Å²) in [6, 6.07) is 5.42. The van der Waals surface area contributed by atoms with E-state index in [0.29, 0.717) is 24.5 Å². The molecule has 1 atom stereocenters. The molecule has 0 bridgehead atoms. The van der Waals surface area contributed by atoms with Crippen molar-refractivity contribution < 1.29 is 19.4 Å². The van der Waals surface area contributed by atoms with Gasteiger partial charge in [-0.15, -0.1) is 0 Å². The van der Waals surface area contributed by atoms with E-state index >= 15 is 0 Å². The molecule has 0 spiro atoms. The van der Waals surface area contributed by atoms with Crippen molar-refractivity contribution in [1.29, 1.82) is 0 Å². The molecule has 1 aromatic rings. The number of hydrogen-bond donors (Lipinski definition) is 1. The Bertz CT molecular complexity index is 517. The Balaban J connectivity index is 1.67. The van der Waals surface area contributed by atoms with Gasteiger partial charge in [-0.3, -0.25) is 4.79 Å². The Morgan fingerprint density at radius 1 is 1.14 bits per heavy atom. The average Bonchev–Trinajstić information content (AvgIpc) is 2.94. The fraction of sp³-hybridized carbons (Fsp3) is 0.562. The first-order chi connectivity index (χ1) is 10.2. The number of carbonyl (C=O) groups excluding carboxylic acids is 1. The number of carbonyl (C=O) groups is 1. The van der Waals surface area contributed by atoms with E-state index in [2.05, 4.69) is 0 Å². The third kappa shape index (κ3) is 3.29. The standard InChI is InChI=1S/C16H21NO4/c18-13(10-17-8-4-2-1-3-5-16(17)19)12-6-7-14-15(9-12)21-11-20-14/h6-7,9,13,18H,1-5,8,10-11H2. The van der Waals surface area contributed by atoms with Gasteiger partial charge in [0, 0.05) is 13.0 Å². The van der Waals surface area contributed by atoms with Gasteiger partial charge in [0.15, 0.2) is 11.5 Å². The molecule has 1 unspecified atom stereocenters. The Labute approximate surface area is 124 Å². The lowest BCUT2D eigenvalue weighted by Gasteiger charge is -2.27. The van der Waals surface area contributed by atoms with Crippen LogP contribution in [0, 0.1) is 0 Å². The lowest BCUT2D eigenvalue weighted by Crippen LogP contribution is -2.36. The number of hydrogen-bond acceptors (Lipinski definition) is 4. The zero-order valence-corrected chi connectivity index (χ0v) is 12.1. The molecule has 0 saturated carbocycles. The predicted octanol–water partition coefficient (Wildman–Crippen LogP) is 2.24. The van der Waals surface area contributed by atoms with Gasteiger partial charge in [0.1, 0.15) is 0 Å². The number of ether oxygens (including phenoxy) is 2. The van der Waals surface area contributed by atoms with Gasteiger partial charge in [0.25, 0.3) is 0 Å². The minimum Gasteiger partial charge on any atom is -0.454 e. The lowest BCUT2D eigenvalue weighted by molar-refractivity contribution is -0.133. The molecule has 2 heterocycles. The highest BCUT2D eigenvalue weighted by Gasteiger charge is 2.21. The Morgan fingerprint density at radius 3 is 2.86 bits per heavy atom. The van der Waals surface area contributed by atoms with Crippen LogP contribution in [-0.4, -0.2) is 35.8 Å². The van der Waals surface area contributed by atoms with Crippen LogP contribution in [0.25, 0.3) is 0 Å². The molecule has 114 valence electrons. The molecule has 2 aliphatic rings. The molecule has 1 amide bonds. The molecule has 0 aromatic heterocycles. The topological polar surface area (TPSA) is 59.0 Å². The second-order valence-corrected chi connectivity index (χ2v) is 5.63. The van der Waals surface area contributed by atoms with Crippen LogP contribution in [0.2, 0.25) is 0 Å². The lowest BCUT2D eigenvalue weighted by atomic mass is 10.1. The molecule has 2 aliphatic heterocycles. The van der Waals surface area contributed by atoms with Crippen molar-refractivity contribution in [3.05, 3.63) is 23.8 Å². The van der Waals surface area contributed by atoms with Crippen molar-refractivity contribution in [3.63, 3.8) is 0 Å². The smallest absolute Gasteiger partial charge is 0.231 e. The van der Waals surface area contributed by atoms with E-state index in [0.717, 1.165) is 37.8 Å². The zero-order chi connectivity index (χ0) is 14.7. The summed E-state index contributed by atoms with van der Waals surface area (Å²) < 4.78 is 10.6. The van der Waals surface area contributed by atoms with Gasteiger partial charge in [0.2, 0.25) is 12.7 Å². The number of fused-ring (bicyclic) bond motifs is 1. The van der Waals surface area contributed by atoms with Crippen LogP contribution >= 0.6 is 0 Å². The third-order valence-corrected chi connectivity index (χ3v) is 4.10. The molecule has 1 saturated heterocycles. The van der Waals surface area contributed by atoms with Crippen molar-refractivity contribution in [2.24, 2.45) is 0 Å². The molecule has 1 N–H and O–H groups in total. The maximum absolute atomic E-state index is 12.1. The van der Waals surface area contributed by atoms with Crippen LogP contribution in [0.15, 0.2) is 18.2 Å². The Hall–Kier alpha value is -1.75. The van der Waals surface area contributed by atoms with Crippen molar-refractivity contribution >= 4 is 5.91 Å². The summed E-state index contributed by atoms with van der Waals surface area (Å²) in [5.74, 6) is 1.51. The minimum atomic E-state index is -0.692. The normalized spacial score (nSPS) is 20.0. The van der Waals surface area contributed by atoms with Crippen LogP contribution in [0.3, 0.4) is 0 Å². The van der Waals surface area contributed by atoms with Crippen LogP contribution in [0.1, 0.15) is 43.8 Å². The van der Waals surface area contributed by atoms with Crippen molar-refractivity contribution in [2.75, 3.05) is 19.9 Å². The average molecular weight is 291 g/mol. The molecule has 21 heavy (non-hydrogen) atoms. The number of aliphatic hydroxyl groups is 1. The molecule has 1 fully saturated rings. The summed E-state index contributed by atoms with van der Waals surface area (Å²) in [7, 11) is 0. The summed E-state index contributed by atoms with van der Waals surface area (Å²) >= 11 is 0. The van der Waals surface area contributed by atoms with E-state index in [-0.39, 0.29) is 12.7 Å². The largest absolute Gasteiger partial charge is 0.454 e. The van der Waals surface area contributed by atoms with Gasteiger partial charge in [-0.25, -0.2) is 0 Å². The quantitative estimate of drug-likeness (QED) is 0.928. The number of rotatable bonds is 3. The molecular weight excluding hydrogens is 270 g/mol. The maximum Gasteiger partial charge on any atom is 0.231 e. The summed E-state index contributed by atoms with van der Waals surface area (Å²) in [5, 5.41) is 10.4. The van der Waals surface area contributed by atoms with Crippen molar-refractivity contribution in [3.8, 4) is 11.5 Å². The van der Waals surface area contributed by atoms with Crippen molar-refractivity contribution in [1.82, 2.24) is 4.90 Å². The molecule has 1 aromatic carbocycles. The second kappa shape index (κ2) is 6.35. The summed E-state index contributed by atoms with van der Waals surface area (Å²) in [4.78, 5) is 13.9. The van der Waals surface area contributed by atoms with Crippen LogP contribution < -0.4 is 9.47 Å². The van der Waals surface area contributed by atoms with Crippen molar-refractivity contribution in [2.45, 2.75) is 38.2 Å². The summed E-state index contributed by atoms with van der Waals surface area (Å²) in [5.41, 5.74) is 0.758. The Morgan fingerprint density at radius 2 is 1.95 bits per heavy atom. The highest BCUT2D eigenvalue weighted by atomic mass is 16.7. The van der Waals surface area contributed by atoms with Gasteiger partial charge < -0.3 is 19.5 Å². The van der Waals surface area contributed by atoms with E-state index in [1.807, 2.05) is 6.07 Å². The number of aliphatic hydroxyl groups excluding tert-OH is 1. The predicted molar refractivity (Wildman–Crippen MR) is 77.2 cm³/mol. The van der Waals surface area contributed by atoms with E-state index in [9.17, 15) is 9.90 Å². The third-order valence-electron chi connectivity index (χ3n) is 4.10. The Kier molecular flexibility index (Phi) is 4.29. The highest BCUT2D eigenvalue weighted by Crippen LogP contribution is 2.34. The first kappa shape index (κ1) is 14.2. The minimum absolute atomic E-state index is 0.148. The van der Waals surface area contributed by atoms with E-state index in [1.165, 1.54) is 0 Å². The van der Waals surface area contributed by atoms with E-state index in [1.54, 1.807) is 17.0 Å². The van der Waals surface area contributed by atoms with Crippen LogP contribution in [-0.2, 0) is 4.79 Å². The maximum atomic E-state index is 12.1. The second-order valence-electron chi connectivity index (χ2n) is 5.63. The molecule has 5 heteroatoms. The first-order valence-corrected chi connectivity index (χ1v) is 7.59. The van der Waals surface area contributed by atoms with Gasteiger partial charge in [0.05, 0.1) is 12.6 Å². The zero-order valence-electron chi connectivity index (χ0n) is 12.1. The molecule has 0 aliphatic carbocycles. The highest BCUT2D eigenvalue weighted by molar-refractivity contribution is 5.76. The van der Waals surface area contributed by atoms with E-state index < -0.39 is 6.10 Å². The molecular formula is C16H21NO4. The van der Waals surface area contributed by atoms with Gasteiger partial charge in [-0.05, 0) is 30.5 Å². The number of β-amino-alcohol motifs (C(OH)–C–C–N with tert-alkyl or cyclic N) is 1. The van der Waals surface area contributed by atoms with Crippen LogP contribution in [0.4, 0.5) is 0 Å². The fourth-order valence-electron chi connectivity index (χ4n) is 2.84. The molecule has 3 rings (SSSR count). The molecule has 5 nitrogen and oxygen atoms in total. The van der Waals surface area contributed by atoms with Gasteiger partial charge >= 0.3 is 0 Å². The van der Waals surface area contributed by atoms with E-state index in [4.69, 9.17) is 9.47 Å². The number of nitrogens with zero attached hydrogens (tertiary/aromatic N) is 1. The number of likely N-dealkylation sites (tertiary alicyclic amines) is 1. The fourth-order valence-corrected chi connectivity index (χ4v) is 2.84. The van der Waals surface area contributed by atoms with Crippen LogP contribution in [0.5, 0.6) is 11.5 Å². The summed E-state index contributed by atoms with van der Waals surface area (Å²) in [6.07, 6.45) is 4.15. The monoisotopic (exact) mass is 291 g/mol. The SMILES string of the molecule is O=C1CCCCCCN1CC(O)c1ccc2c(c1)OCO2. The summed E-state index contributed by atoms with van der Waals surface area (Å²) in [6.45, 7) is 1.30. The molecule has 0 radical (unpaired) electrons.